The molecule has 1 heterocycles. The molecule has 14 heavy (non-hydrogen) atoms. The quantitative estimate of drug-likeness (QED) is 0.625. The molecular weight excluding hydrogens is 233 g/mol. The Kier molecular flexibility index (Phi) is 4.21. The molecule has 0 saturated heterocycles. The van der Waals surface area contributed by atoms with E-state index in [-0.39, 0.29) is 0 Å². The number of thiol groups is 1. The van der Waals surface area contributed by atoms with Crippen LogP contribution < -0.4 is 5.32 Å². The van der Waals surface area contributed by atoms with Crippen LogP contribution in [0.25, 0.3) is 0 Å². The maximum absolute atomic E-state index is 12.1. The average Bonchev–Trinajstić information content (AvgIpc) is 2.52. The molecule has 0 atom stereocenters. The van der Waals surface area contributed by atoms with Gasteiger partial charge in [-0.3, -0.25) is 0 Å². The van der Waals surface area contributed by atoms with E-state index < -0.39 is 11.2 Å². The fourth-order valence-electron chi connectivity index (χ4n) is 0.811. The summed E-state index contributed by atoms with van der Waals surface area (Å²) in [5.41, 5.74) is 0. The maximum atomic E-state index is 12.1. The number of hydrogen-bond acceptors (Lipinski definition) is 4. The Labute approximate surface area is 89.0 Å². The van der Waals surface area contributed by atoms with Crippen LogP contribution in [-0.4, -0.2) is 17.3 Å². The third-order valence-corrected chi connectivity index (χ3v) is 2.65. The van der Waals surface area contributed by atoms with Gasteiger partial charge in [0.05, 0.1) is 0 Å². The first-order valence-electron chi connectivity index (χ1n) is 3.87. The van der Waals surface area contributed by atoms with Crippen LogP contribution in [0.4, 0.5) is 13.2 Å². The monoisotopic (exact) mass is 242 g/mol. The summed E-state index contributed by atoms with van der Waals surface area (Å²) >= 11 is 4.63. The third-order valence-electron chi connectivity index (χ3n) is 1.38. The van der Waals surface area contributed by atoms with Gasteiger partial charge in [-0.1, -0.05) is 0 Å². The molecule has 0 unspecified atom stereocenters. The first-order chi connectivity index (χ1) is 6.54. The van der Waals surface area contributed by atoms with Gasteiger partial charge in [-0.05, 0) is 0 Å². The predicted octanol–water partition coefficient (Wildman–Crippen LogP) is 2.18. The van der Waals surface area contributed by atoms with E-state index in [9.17, 15) is 13.2 Å². The molecule has 80 valence electrons. The number of nitrogens with zero attached hydrogens (tertiary/aromatic N) is 1. The van der Waals surface area contributed by atoms with Crippen molar-refractivity contribution in [2.75, 3.05) is 12.3 Å². The Bertz CT molecular complexity index is 285. The zero-order valence-electron chi connectivity index (χ0n) is 7.14. The summed E-state index contributed by atoms with van der Waals surface area (Å²) in [6.07, 6.45) is -3.08. The van der Waals surface area contributed by atoms with Gasteiger partial charge in [-0.2, -0.15) is 25.8 Å². The SMILES string of the molecule is FC(F)(F)c1ncc(CNCCS)s1. The second kappa shape index (κ2) is 4.99. The zero-order chi connectivity index (χ0) is 10.6. The van der Waals surface area contributed by atoms with E-state index in [0.717, 1.165) is 0 Å². The topological polar surface area (TPSA) is 24.9 Å². The summed E-state index contributed by atoms with van der Waals surface area (Å²) in [5, 5.41) is 2.15. The minimum atomic E-state index is -4.33. The van der Waals surface area contributed by atoms with Crippen molar-refractivity contribution in [1.29, 1.82) is 0 Å². The minimum Gasteiger partial charge on any atom is -0.311 e. The maximum Gasteiger partial charge on any atom is 0.443 e. The lowest BCUT2D eigenvalue weighted by Gasteiger charge is -2.00. The van der Waals surface area contributed by atoms with Gasteiger partial charge < -0.3 is 5.32 Å². The van der Waals surface area contributed by atoms with Crippen molar-refractivity contribution in [1.82, 2.24) is 10.3 Å². The molecular formula is C7H9F3N2S2. The molecule has 0 radical (unpaired) electrons. The molecule has 0 aliphatic carbocycles. The molecule has 0 bridgehead atoms. The van der Waals surface area contributed by atoms with Gasteiger partial charge in [0, 0.05) is 29.9 Å². The Morgan fingerprint density at radius 3 is 2.71 bits per heavy atom. The molecule has 0 spiro atoms. The van der Waals surface area contributed by atoms with Gasteiger partial charge in [-0.25, -0.2) is 4.98 Å². The van der Waals surface area contributed by atoms with E-state index in [1.165, 1.54) is 6.20 Å². The number of halogens is 3. The predicted molar refractivity (Wildman–Crippen MR) is 52.7 cm³/mol. The highest BCUT2D eigenvalue weighted by atomic mass is 32.1. The van der Waals surface area contributed by atoms with Crippen molar-refractivity contribution in [3.63, 3.8) is 0 Å². The average molecular weight is 242 g/mol. The van der Waals surface area contributed by atoms with Crippen LogP contribution in [0.5, 0.6) is 0 Å². The first-order valence-corrected chi connectivity index (χ1v) is 5.32. The molecule has 1 rings (SSSR count). The summed E-state index contributed by atoms with van der Waals surface area (Å²) in [5.74, 6) is 0.658. The molecule has 1 N–H and O–H groups in total. The van der Waals surface area contributed by atoms with E-state index in [1.807, 2.05) is 0 Å². The molecule has 0 aromatic carbocycles. The van der Waals surface area contributed by atoms with Crippen LogP contribution in [0.15, 0.2) is 6.20 Å². The van der Waals surface area contributed by atoms with Crippen LogP contribution >= 0.6 is 24.0 Å². The van der Waals surface area contributed by atoms with E-state index in [4.69, 9.17) is 0 Å². The Balaban J connectivity index is 2.51. The van der Waals surface area contributed by atoms with E-state index in [2.05, 4.69) is 22.9 Å². The van der Waals surface area contributed by atoms with Crippen molar-refractivity contribution < 1.29 is 13.2 Å². The van der Waals surface area contributed by atoms with Gasteiger partial charge in [0.2, 0.25) is 0 Å². The number of alkyl halides is 3. The van der Waals surface area contributed by atoms with Crippen molar-refractivity contribution in [3.8, 4) is 0 Å². The largest absolute Gasteiger partial charge is 0.443 e. The number of aromatic nitrogens is 1. The van der Waals surface area contributed by atoms with Gasteiger partial charge >= 0.3 is 6.18 Å². The number of thiazole rings is 1. The smallest absolute Gasteiger partial charge is 0.311 e. The molecule has 2 nitrogen and oxygen atoms in total. The second-order valence-electron chi connectivity index (χ2n) is 2.53. The number of hydrogen-bond donors (Lipinski definition) is 2. The summed E-state index contributed by atoms with van der Waals surface area (Å²) in [4.78, 5) is 3.88. The van der Waals surface area contributed by atoms with E-state index in [1.54, 1.807) is 0 Å². The molecule has 0 fully saturated rings. The van der Waals surface area contributed by atoms with Crippen LogP contribution in [0.1, 0.15) is 9.88 Å². The molecule has 7 heteroatoms. The van der Waals surface area contributed by atoms with Crippen molar-refractivity contribution in [2.45, 2.75) is 12.7 Å². The van der Waals surface area contributed by atoms with Gasteiger partial charge in [0.25, 0.3) is 0 Å². The molecule has 0 saturated carbocycles. The first kappa shape index (κ1) is 11.8. The lowest BCUT2D eigenvalue weighted by Crippen LogP contribution is -2.14. The summed E-state index contributed by atoms with van der Waals surface area (Å²) in [7, 11) is 0. The Hall–Kier alpha value is -0.270. The summed E-state index contributed by atoms with van der Waals surface area (Å²) < 4.78 is 36.3. The third kappa shape index (κ3) is 3.47. The van der Waals surface area contributed by atoms with Crippen LogP contribution in [-0.2, 0) is 12.7 Å². The molecule has 1 aromatic rings. The van der Waals surface area contributed by atoms with Crippen LogP contribution in [0, 0.1) is 0 Å². The summed E-state index contributed by atoms with van der Waals surface area (Å²) in [6, 6.07) is 0. The molecule has 0 aliphatic heterocycles. The molecule has 1 aromatic heterocycles. The lowest BCUT2D eigenvalue weighted by atomic mass is 10.5. The fraction of sp³-hybridized carbons (Fsp3) is 0.571. The number of nitrogens with one attached hydrogen (secondary N) is 1. The summed E-state index contributed by atoms with van der Waals surface area (Å²) in [6.45, 7) is 1.08. The number of rotatable bonds is 4. The van der Waals surface area contributed by atoms with Gasteiger partial charge in [-0.15, -0.1) is 11.3 Å². The van der Waals surface area contributed by atoms with Crippen molar-refractivity contribution >= 4 is 24.0 Å². The van der Waals surface area contributed by atoms with Crippen LogP contribution in [0.2, 0.25) is 0 Å². The van der Waals surface area contributed by atoms with E-state index >= 15 is 0 Å². The lowest BCUT2D eigenvalue weighted by molar-refractivity contribution is -0.137. The van der Waals surface area contributed by atoms with Gasteiger partial charge in [0.1, 0.15) is 0 Å². The second-order valence-corrected chi connectivity index (χ2v) is 4.09. The standard InChI is InChI=1S/C7H9F3N2S2/c8-7(9,10)6-12-4-5(14-6)3-11-1-2-13/h4,11,13H,1-3H2. The van der Waals surface area contributed by atoms with Gasteiger partial charge in [0.15, 0.2) is 5.01 Å². The Morgan fingerprint density at radius 2 is 2.21 bits per heavy atom. The van der Waals surface area contributed by atoms with Crippen molar-refractivity contribution in [2.24, 2.45) is 0 Å². The Morgan fingerprint density at radius 1 is 1.50 bits per heavy atom. The molecule has 0 aliphatic rings. The zero-order valence-corrected chi connectivity index (χ0v) is 8.85. The molecule has 0 amide bonds. The highest BCUT2D eigenvalue weighted by molar-refractivity contribution is 7.80. The highest BCUT2D eigenvalue weighted by Crippen LogP contribution is 2.32. The highest BCUT2D eigenvalue weighted by Gasteiger charge is 2.34. The van der Waals surface area contributed by atoms with Crippen molar-refractivity contribution in [3.05, 3.63) is 16.1 Å². The van der Waals surface area contributed by atoms with Crippen LogP contribution in [0.3, 0.4) is 0 Å². The normalized spacial score (nSPS) is 12.0. The fourth-order valence-corrected chi connectivity index (χ4v) is 1.72. The minimum absolute atomic E-state index is 0.411. The van der Waals surface area contributed by atoms with E-state index in [0.29, 0.717) is 35.1 Å².